The SMILES string of the molecule is C/C=C\C(=C/C=N)N(C)C. The van der Waals surface area contributed by atoms with E-state index < -0.39 is 0 Å². The third-order valence-electron chi connectivity index (χ3n) is 1.11. The number of likely N-dealkylation sites (N-methyl/N-ethyl adjacent to an activating group) is 1. The van der Waals surface area contributed by atoms with Gasteiger partial charge in [-0.15, -0.1) is 0 Å². The van der Waals surface area contributed by atoms with Gasteiger partial charge < -0.3 is 10.3 Å². The number of rotatable bonds is 3. The molecule has 0 radical (unpaired) electrons. The minimum atomic E-state index is 1.04. The van der Waals surface area contributed by atoms with E-state index in [9.17, 15) is 0 Å². The highest BCUT2D eigenvalue weighted by Gasteiger charge is 1.89. The first-order chi connectivity index (χ1) is 4.72. The predicted octanol–water partition coefficient (Wildman–Crippen LogP) is 1.66. The highest BCUT2D eigenvalue weighted by atomic mass is 15.1. The Balaban J connectivity index is 4.25. The standard InChI is InChI=1S/C8H14N2/c1-4-5-8(6-7-9)10(2)3/h4-7,9H,1-3H3/b5-4-,8-6+,9-7?. The van der Waals surface area contributed by atoms with Crippen LogP contribution in [0.5, 0.6) is 0 Å². The number of nitrogens with one attached hydrogen (secondary N) is 1. The van der Waals surface area contributed by atoms with Crippen LogP contribution in [-0.2, 0) is 0 Å². The van der Waals surface area contributed by atoms with Crippen molar-refractivity contribution >= 4 is 6.21 Å². The Morgan fingerprint density at radius 3 is 2.30 bits per heavy atom. The van der Waals surface area contributed by atoms with E-state index in [-0.39, 0.29) is 0 Å². The molecule has 0 spiro atoms. The molecule has 2 nitrogen and oxygen atoms in total. The molecular weight excluding hydrogens is 124 g/mol. The molecule has 0 aliphatic heterocycles. The molecule has 0 fully saturated rings. The molecule has 0 aromatic rings. The van der Waals surface area contributed by atoms with Gasteiger partial charge in [0.25, 0.3) is 0 Å². The van der Waals surface area contributed by atoms with Crippen molar-refractivity contribution in [1.29, 1.82) is 5.41 Å². The number of nitrogens with zero attached hydrogens (tertiary/aromatic N) is 1. The highest BCUT2D eigenvalue weighted by molar-refractivity contribution is 5.69. The maximum absolute atomic E-state index is 6.84. The van der Waals surface area contributed by atoms with Crippen LogP contribution in [0, 0.1) is 5.41 Å². The molecule has 0 saturated carbocycles. The first-order valence-electron chi connectivity index (χ1n) is 3.23. The number of hydrogen-bond donors (Lipinski definition) is 1. The molecule has 0 unspecified atom stereocenters. The molecule has 0 aliphatic rings. The lowest BCUT2D eigenvalue weighted by Crippen LogP contribution is -2.08. The van der Waals surface area contributed by atoms with Crippen LogP contribution in [0.4, 0.5) is 0 Å². The first kappa shape index (κ1) is 8.95. The van der Waals surface area contributed by atoms with E-state index in [1.807, 2.05) is 38.1 Å². The summed E-state index contributed by atoms with van der Waals surface area (Å²) in [6, 6.07) is 0. The fraction of sp³-hybridized carbons (Fsp3) is 0.375. The van der Waals surface area contributed by atoms with E-state index in [1.165, 1.54) is 6.21 Å². The van der Waals surface area contributed by atoms with Gasteiger partial charge >= 0.3 is 0 Å². The minimum Gasteiger partial charge on any atom is -0.378 e. The molecular formula is C8H14N2. The Kier molecular flexibility index (Phi) is 4.29. The van der Waals surface area contributed by atoms with E-state index in [0.717, 1.165) is 5.70 Å². The van der Waals surface area contributed by atoms with E-state index in [2.05, 4.69) is 0 Å². The van der Waals surface area contributed by atoms with Gasteiger partial charge in [0.2, 0.25) is 0 Å². The van der Waals surface area contributed by atoms with Gasteiger partial charge in [0.1, 0.15) is 0 Å². The Labute approximate surface area is 62.4 Å². The van der Waals surface area contributed by atoms with Crippen molar-refractivity contribution in [3.63, 3.8) is 0 Å². The second-order valence-corrected chi connectivity index (χ2v) is 2.15. The third-order valence-corrected chi connectivity index (χ3v) is 1.11. The minimum absolute atomic E-state index is 1.04. The maximum Gasteiger partial charge on any atom is 0.0372 e. The van der Waals surface area contributed by atoms with Crippen LogP contribution < -0.4 is 0 Å². The van der Waals surface area contributed by atoms with Gasteiger partial charge in [-0.3, -0.25) is 0 Å². The van der Waals surface area contributed by atoms with E-state index in [0.29, 0.717) is 0 Å². The van der Waals surface area contributed by atoms with Gasteiger partial charge in [-0.25, -0.2) is 0 Å². The summed E-state index contributed by atoms with van der Waals surface area (Å²) in [5.41, 5.74) is 1.04. The van der Waals surface area contributed by atoms with Crippen molar-refractivity contribution < 1.29 is 0 Å². The Hall–Kier alpha value is -1.05. The number of hydrogen-bond acceptors (Lipinski definition) is 2. The second-order valence-electron chi connectivity index (χ2n) is 2.15. The summed E-state index contributed by atoms with van der Waals surface area (Å²) < 4.78 is 0. The topological polar surface area (TPSA) is 27.1 Å². The zero-order chi connectivity index (χ0) is 7.98. The smallest absolute Gasteiger partial charge is 0.0372 e. The van der Waals surface area contributed by atoms with Crippen molar-refractivity contribution in [3.05, 3.63) is 23.9 Å². The summed E-state index contributed by atoms with van der Waals surface area (Å²) in [5.74, 6) is 0. The summed E-state index contributed by atoms with van der Waals surface area (Å²) in [6.45, 7) is 1.96. The largest absolute Gasteiger partial charge is 0.378 e. The van der Waals surface area contributed by atoms with E-state index in [4.69, 9.17) is 5.41 Å². The average molecular weight is 138 g/mol. The van der Waals surface area contributed by atoms with Crippen LogP contribution in [0.3, 0.4) is 0 Å². The molecule has 2 heteroatoms. The summed E-state index contributed by atoms with van der Waals surface area (Å²) in [4.78, 5) is 1.96. The highest BCUT2D eigenvalue weighted by Crippen LogP contribution is 1.97. The van der Waals surface area contributed by atoms with Crippen molar-refractivity contribution in [2.45, 2.75) is 6.92 Å². The Morgan fingerprint density at radius 1 is 1.40 bits per heavy atom. The maximum atomic E-state index is 6.84. The van der Waals surface area contributed by atoms with Gasteiger partial charge in [-0.2, -0.15) is 0 Å². The molecule has 0 bridgehead atoms. The van der Waals surface area contributed by atoms with Gasteiger partial charge in [-0.1, -0.05) is 6.08 Å². The van der Waals surface area contributed by atoms with Crippen LogP contribution in [-0.4, -0.2) is 25.2 Å². The van der Waals surface area contributed by atoms with Gasteiger partial charge in [0.15, 0.2) is 0 Å². The zero-order valence-electron chi connectivity index (χ0n) is 6.76. The summed E-state index contributed by atoms with van der Waals surface area (Å²) in [6.07, 6.45) is 6.95. The molecule has 0 amide bonds. The summed E-state index contributed by atoms with van der Waals surface area (Å²) in [5, 5.41) is 6.84. The molecule has 0 aliphatic carbocycles. The average Bonchev–Trinajstić information content (AvgIpc) is 1.87. The van der Waals surface area contributed by atoms with Gasteiger partial charge in [-0.05, 0) is 19.1 Å². The molecule has 10 heavy (non-hydrogen) atoms. The van der Waals surface area contributed by atoms with Crippen molar-refractivity contribution in [3.8, 4) is 0 Å². The van der Waals surface area contributed by atoms with Crippen LogP contribution >= 0.6 is 0 Å². The van der Waals surface area contributed by atoms with Crippen molar-refractivity contribution in [2.75, 3.05) is 14.1 Å². The van der Waals surface area contributed by atoms with Gasteiger partial charge in [0.05, 0.1) is 0 Å². The molecule has 0 heterocycles. The van der Waals surface area contributed by atoms with Crippen molar-refractivity contribution in [1.82, 2.24) is 4.90 Å². The third kappa shape index (κ3) is 3.07. The molecule has 56 valence electrons. The van der Waals surface area contributed by atoms with Crippen molar-refractivity contribution in [2.24, 2.45) is 0 Å². The Bertz CT molecular complexity index is 155. The van der Waals surface area contributed by atoms with Crippen LogP contribution in [0.1, 0.15) is 6.92 Å². The van der Waals surface area contributed by atoms with Crippen LogP contribution in [0.2, 0.25) is 0 Å². The van der Waals surface area contributed by atoms with Crippen LogP contribution in [0.15, 0.2) is 23.9 Å². The second kappa shape index (κ2) is 4.79. The first-order valence-corrected chi connectivity index (χ1v) is 3.23. The lowest BCUT2D eigenvalue weighted by molar-refractivity contribution is 0.531. The normalized spacial score (nSPS) is 12.1. The monoisotopic (exact) mass is 138 g/mol. The molecule has 0 aromatic heterocycles. The van der Waals surface area contributed by atoms with E-state index >= 15 is 0 Å². The quantitative estimate of drug-likeness (QED) is 0.466. The molecule has 0 rings (SSSR count). The summed E-state index contributed by atoms with van der Waals surface area (Å²) >= 11 is 0. The van der Waals surface area contributed by atoms with Crippen LogP contribution in [0.25, 0.3) is 0 Å². The molecule has 0 atom stereocenters. The fourth-order valence-corrected chi connectivity index (χ4v) is 0.610. The lowest BCUT2D eigenvalue weighted by atomic mass is 10.3. The molecule has 0 saturated heterocycles. The summed E-state index contributed by atoms with van der Waals surface area (Å²) in [7, 11) is 3.91. The molecule has 0 aromatic carbocycles. The fourth-order valence-electron chi connectivity index (χ4n) is 0.610. The predicted molar refractivity (Wildman–Crippen MR) is 45.4 cm³/mol. The number of allylic oxidation sites excluding steroid dienone is 3. The Morgan fingerprint density at radius 2 is 2.00 bits per heavy atom. The van der Waals surface area contributed by atoms with E-state index in [1.54, 1.807) is 6.08 Å². The zero-order valence-corrected chi connectivity index (χ0v) is 6.76. The van der Waals surface area contributed by atoms with Gasteiger partial charge in [0, 0.05) is 26.0 Å². The lowest BCUT2D eigenvalue weighted by Gasteiger charge is -2.11. The molecule has 1 N–H and O–H groups in total.